The molecule has 1 aliphatic rings. The SMILES string of the molecule is CC#CCC(NC(=O)c1csc(CNC(=O)OCC2c3ccccc3-c3ccccc32)n1)C(=O)O. The lowest BCUT2D eigenvalue weighted by atomic mass is 9.98. The van der Waals surface area contributed by atoms with E-state index < -0.39 is 24.0 Å². The number of rotatable bonds is 8. The Bertz CT molecular complexity index is 1280. The summed E-state index contributed by atoms with van der Waals surface area (Å²) in [5.41, 5.74) is 4.63. The number of carbonyl (C=O) groups excluding carboxylic acids is 2. The Morgan fingerprint density at radius 1 is 1.11 bits per heavy atom. The van der Waals surface area contributed by atoms with Crippen LogP contribution in [-0.4, -0.2) is 40.7 Å². The van der Waals surface area contributed by atoms with Crippen LogP contribution in [0.2, 0.25) is 0 Å². The van der Waals surface area contributed by atoms with Gasteiger partial charge in [-0.05, 0) is 29.2 Å². The van der Waals surface area contributed by atoms with E-state index in [2.05, 4.69) is 39.6 Å². The molecular formula is C26H23N3O5S. The zero-order valence-electron chi connectivity index (χ0n) is 18.9. The third kappa shape index (κ3) is 5.50. The molecule has 178 valence electrons. The van der Waals surface area contributed by atoms with Crippen molar-refractivity contribution < 1.29 is 24.2 Å². The van der Waals surface area contributed by atoms with Gasteiger partial charge in [0.1, 0.15) is 23.4 Å². The van der Waals surface area contributed by atoms with Crippen LogP contribution in [0.15, 0.2) is 53.9 Å². The van der Waals surface area contributed by atoms with Crippen molar-refractivity contribution in [1.82, 2.24) is 15.6 Å². The van der Waals surface area contributed by atoms with Crippen molar-refractivity contribution in [2.75, 3.05) is 6.61 Å². The minimum atomic E-state index is -1.17. The zero-order chi connectivity index (χ0) is 24.8. The Morgan fingerprint density at radius 2 is 1.77 bits per heavy atom. The number of fused-ring (bicyclic) bond motifs is 3. The lowest BCUT2D eigenvalue weighted by molar-refractivity contribution is -0.139. The normalized spacial score (nSPS) is 12.5. The zero-order valence-corrected chi connectivity index (χ0v) is 19.7. The molecule has 1 aliphatic carbocycles. The van der Waals surface area contributed by atoms with E-state index >= 15 is 0 Å². The van der Waals surface area contributed by atoms with E-state index in [-0.39, 0.29) is 31.2 Å². The molecule has 0 saturated carbocycles. The fraction of sp³-hybridized carbons (Fsp3) is 0.231. The molecule has 0 spiro atoms. The molecule has 0 aliphatic heterocycles. The fourth-order valence-corrected chi connectivity index (χ4v) is 4.64. The number of aliphatic carboxylic acids is 1. The Labute approximate surface area is 206 Å². The highest BCUT2D eigenvalue weighted by Crippen LogP contribution is 2.44. The second kappa shape index (κ2) is 10.8. The quantitative estimate of drug-likeness (QED) is 0.415. The van der Waals surface area contributed by atoms with Crippen molar-refractivity contribution in [3.8, 4) is 23.0 Å². The maximum absolute atomic E-state index is 12.3. The molecule has 0 fully saturated rings. The summed E-state index contributed by atoms with van der Waals surface area (Å²) in [5, 5.41) is 16.3. The number of hydrogen-bond acceptors (Lipinski definition) is 6. The van der Waals surface area contributed by atoms with Crippen molar-refractivity contribution in [2.24, 2.45) is 0 Å². The molecule has 3 aromatic rings. The number of aromatic nitrogens is 1. The molecule has 1 unspecified atom stereocenters. The van der Waals surface area contributed by atoms with Crippen molar-refractivity contribution in [2.45, 2.75) is 31.8 Å². The second-order valence-electron chi connectivity index (χ2n) is 7.80. The van der Waals surface area contributed by atoms with E-state index in [0.29, 0.717) is 5.01 Å². The van der Waals surface area contributed by atoms with Gasteiger partial charge in [-0.15, -0.1) is 23.2 Å². The summed E-state index contributed by atoms with van der Waals surface area (Å²) >= 11 is 1.18. The van der Waals surface area contributed by atoms with Gasteiger partial charge in [-0.2, -0.15) is 0 Å². The number of alkyl carbamates (subject to hydrolysis) is 1. The molecule has 1 aromatic heterocycles. The number of carboxylic acid groups (broad SMARTS) is 1. The lowest BCUT2D eigenvalue weighted by Crippen LogP contribution is -2.40. The predicted molar refractivity (Wildman–Crippen MR) is 131 cm³/mol. The number of nitrogens with zero attached hydrogens (tertiary/aromatic N) is 1. The molecule has 2 amide bonds. The van der Waals surface area contributed by atoms with Gasteiger partial charge in [-0.3, -0.25) is 4.79 Å². The van der Waals surface area contributed by atoms with Crippen LogP contribution in [0.1, 0.15) is 45.9 Å². The highest BCUT2D eigenvalue weighted by molar-refractivity contribution is 7.09. The minimum absolute atomic E-state index is 0.00208. The van der Waals surface area contributed by atoms with E-state index in [1.807, 2.05) is 36.4 Å². The molecular weight excluding hydrogens is 466 g/mol. The van der Waals surface area contributed by atoms with E-state index in [1.165, 1.54) is 16.7 Å². The van der Waals surface area contributed by atoms with Crippen LogP contribution >= 0.6 is 11.3 Å². The summed E-state index contributed by atoms with van der Waals surface area (Å²) in [5.74, 6) is 3.42. The molecule has 9 heteroatoms. The second-order valence-corrected chi connectivity index (χ2v) is 8.74. The summed E-state index contributed by atoms with van der Waals surface area (Å²) in [6, 6.07) is 15.1. The first-order chi connectivity index (χ1) is 17.0. The van der Waals surface area contributed by atoms with Crippen LogP contribution in [0.25, 0.3) is 11.1 Å². The number of thiazole rings is 1. The topological polar surface area (TPSA) is 118 Å². The van der Waals surface area contributed by atoms with Crippen LogP contribution in [0.4, 0.5) is 4.79 Å². The first-order valence-electron chi connectivity index (χ1n) is 10.9. The number of amides is 2. The highest BCUT2D eigenvalue weighted by Gasteiger charge is 2.29. The van der Waals surface area contributed by atoms with Crippen molar-refractivity contribution in [3.63, 3.8) is 0 Å². The van der Waals surface area contributed by atoms with E-state index in [9.17, 15) is 19.5 Å². The molecule has 35 heavy (non-hydrogen) atoms. The first-order valence-corrected chi connectivity index (χ1v) is 11.8. The highest BCUT2D eigenvalue weighted by atomic mass is 32.1. The molecule has 4 rings (SSSR count). The number of ether oxygens (including phenoxy) is 1. The third-order valence-electron chi connectivity index (χ3n) is 5.60. The summed E-state index contributed by atoms with van der Waals surface area (Å²) < 4.78 is 5.50. The summed E-state index contributed by atoms with van der Waals surface area (Å²) in [6.45, 7) is 1.87. The van der Waals surface area contributed by atoms with E-state index in [1.54, 1.807) is 6.92 Å². The number of carbonyl (C=O) groups is 3. The molecule has 1 atom stereocenters. The number of carboxylic acids is 1. The number of benzene rings is 2. The average molecular weight is 490 g/mol. The Hall–Kier alpha value is -4.16. The van der Waals surface area contributed by atoms with Gasteiger partial charge in [0, 0.05) is 17.7 Å². The van der Waals surface area contributed by atoms with Gasteiger partial charge in [0.25, 0.3) is 5.91 Å². The molecule has 0 saturated heterocycles. The van der Waals surface area contributed by atoms with E-state index in [4.69, 9.17) is 4.74 Å². The smallest absolute Gasteiger partial charge is 0.407 e. The molecule has 1 heterocycles. The Morgan fingerprint density at radius 3 is 2.40 bits per heavy atom. The molecule has 2 aromatic carbocycles. The number of nitrogens with one attached hydrogen (secondary N) is 2. The third-order valence-corrected chi connectivity index (χ3v) is 6.45. The van der Waals surface area contributed by atoms with Crippen molar-refractivity contribution in [3.05, 3.63) is 75.7 Å². The Kier molecular flexibility index (Phi) is 7.43. The van der Waals surface area contributed by atoms with Gasteiger partial charge in [0.2, 0.25) is 0 Å². The van der Waals surface area contributed by atoms with E-state index in [0.717, 1.165) is 22.3 Å². The standard InChI is InChI=1S/C26H23N3O5S/c1-2-3-12-21(25(31)32)29-24(30)22-15-35-23(28-22)13-27-26(33)34-14-20-18-10-6-4-8-16(18)17-9-5-7-11-19(17)20/h4-11,15,20-21H,12-14H2,1H3,(H,27,33)(H,29,30)(H,31,32). The minimum Gasteiger partial charge on any atom is -0.480 e. The molecule has 0 bridgehead atoms. The maximum Gasteiger partial charge on any atom is 0.407 e. The number of hydrogen-bond donors (Lipinski definition) is 3. The average Bonchev–Trinajstić information content (AvgIpc) is 3.47. The largest absolute Gasteiger partial charge is 0.480 e. The van der Waals surface area contributed by atoms with Gasteiger partial charge in [-0.1, -0.05) is 48.5 Å². The van der Waals surface area contributed by atoms with Crippen LogP contribution in [-0.2, 0) is 16.1 Å². The van der Waals surface area contributed by atoms with Crippen molar-refractivity contribution >= 4 is 29.3 Å². The molecule has 8 nitrogen and oxygen atoms in total. The predicted octanol–water partition coefficient (Wildman–Crippen LogP) is 3.78. The van der Waals surface area contributed by atoms with Gasteiger partial charge in [0.05, 0.1) is 6.54 Å². The monoisotopic (exact) mass is 489 g/mol. The van der Waals surface area contributed by atoms with Crippen LogP contribution in [0.5, 0.6) is 0 Å². The van der Waals surface area contributed by atoms with Gasteiger partial charge < -0.3 is 20.5 Å². The summed E-state index contributed by atoms with van der Waals surface area (Å²) in [4.78, 5) is 40.1. The van der Waals surface area contributed by atoms with Gasteiger partial charge in [-0.25, -0.2) is 14.6 Å². The summed E-state index contributed by atoms with van der Waals surface area (Å²) in [7, 11) is 0. The van der Waals surface area contributed by atoms with Crippen LogP contribution < -0.4 is 10.6 Å². The van der Waals surface area contributed by atoms with Gasteiger partial charge >= 0.3 is 12.1 Å². The summed E-state index contributed by atoms with van der Waals surface area (Å²) in [6.07, 6.45) is -0.588. The lowest BCUT2D eigenvalue weighted by Gasteiger charge is -2.14. The van der Waals surface area contributed by atoms with Crippen LogP contribution in [0, 0.1) is 11.8 Å². The van der Waals surface area contributed by atoms with Crippen molar-refractivity contribution in [1.29, 1.82) is 0 Å². The molecule has 0 radical (unpaired) electrons. The Balaban J connectivity index is 1.30. The van der Waals surface area contributed by atoms with Crippen LogP contribution in [0.3, 0.4) is 0 Å². The maximum atomic E-state index is 12.3. The first kappa shape index (κ1) is 24.0. The van der Waals surface area contributed by atoms with Gasteiger partial charge in [0.15, 0.2) is 0 Å². The molecule has 3 N–H and O–H groups in total. The fourth-order valence-electron chi connectivity index (χ4n) is 3.93.